The van der Waals surface area contributed by atoms with E-state index in [1.807, 2.05) is 0 Å². The molecule has 0 amide bonds. The van der Waals surface area contributed by atoms with E-state index in [9.17, 15) is 4.39 Å². The average Bonchev–Trinajstić information content (AvgIpc) is 2.03. The van der Waals surface area contributed by atoms with Crippen LogP contribution in [0, 0.1) is 11.2 Å². The zero-order valence-electron chi connectivity index (χ0n) is 7.70. The van der Waals surface area contributed by atoms with Gasteiger partial charge >= 0.3 is 0 Å². The number of hydrogen-bond acceptors (Lipinski definition) is 4. The topological polar surface area (TPSA) is 41.1 Å². The van der Waals surface area contributed by atoms with Gasteiger partial charge in [-0.25, -0.2) is 14.4 Å². The van der Waals surface area contributed by atoms with E-state index >= 15 is 0 Å². The fourth-order valence-corrected chi connectivity index (χ4v) is 2.08. The van der Waals surface area contributed by atoms with E-state index in [2.05, 4.69) is 20.2 Å². The van der Waals surface area contributed by atoms with Crippen LogP contribution in [-0.4, -0.2) is 36.1 Å². The molecular formula is C9H11FN4. The predicted molar refractivity (Wildman–Crippen MR) is 49.5 cm³/mol. The highest BCUT2D eigenvalue weighted by atomic mass is 19.1. The minimum Gasteiger partial charge on any atom is -0.339 e. The molecule has 2 saturated heterocycles. The highest BCUT2D eigenvalue weighted by Crippen LogP contribution is 2.35. The third-order valence-electron chi connectivity index (χ3n) is 2.94. The van der Waals surface area contributed by atoms with Crippen LogP contribution in [0.3, 0.4) is 0 Å². The maximum Gasteiger partial charge on any atom is 0.225 e. The van der Waals surface area contributed by atoms with Crippen LogP contribution in [0.5, 0.6) is 0 Å². The Balaban J connectivity index is 1.70. The summed E-state index contributed by atoms with van der Waals surface area (Å²) in [7, 11) is 0. The fourth-order valence-electron chi connectivity index (χ4n) is 2.08. The molecule has 14 heavy (non-hydrogen) atoms. The van der Waals surface area contributed by atoms with E-state index in [4.69, 9.17) is 0 Å². The van der Waals surface area contributed by atoms with Crippen molar-refractivity contribution in [1.29, 1.82) is 0 Å². The Morgan fingerprint density at radius 3 is 2.43 bits per heavy atom. The highest BCUT2D eigenvalue weighted by molar-refractivity contribution is 5.37. The van der Waals surface area contributed by atoms with Crippen LogP contribution in [0.2, 0.25) is 0 Å². The molecule has 0 atom stereocenters. The van der Waals surface area contributed by atoms with Crippen molar-refractivity contribution >= 4 is 5.95 Å². The molecule has 5 heteroatoms. The van der Waals surface area contributed by atoms with Crippen molar-refractivity contribution in [2.75, 3.05) is 31.1 Å². The molecule has 0 bridgehead atoms. The molecular weight excluding hydrogens is 183 g/mol. The van der Waals surface area contributed by atoms with Crippen molar-refractivity contribution < 1.29 is 4.39 Å². The van der Waals surface area contributed by atoms with Crippen LogP contribution in [0.15, 0.2) is 12.4 Å². The number of anilines is 1. The Morgan fingerprint density at radius 2 is 1.93 bits per heavy atom. The van der Waals surface area contributed by atoms with Crippen molar-refractivity contribution in [3.63, 3.8) is 0 Å². The molecule has 4 nitrogen and oxygen atoms in total. The first kappa shape index (κ1) is 8.11. The summed E-state index contributed by atoms with van der Waals surface area (Å²) in [5.74, 6) is 0.262. The van der Waals surface area contributed by atoms with Crippen molar-refractivity contribution in [2.45, 2.75) is 0 Å². The fraction of sp³-hybridized carbons (Fsp3) is 0.556. The van der Waals surface area contributed by atoms with Gasteiger partial charge in [-0.05, 0) is 0 Å². The summed E-state index contributed by atoms with van der Waals surface area (Å²) >= 11 is 0. The molecule has 3 heterocycles. The summed E-state index contributed by atoms with van der Waals surface area (Å²) in [6.45, 7) is 4.16. The predicted octanol–water partition coefficient (Wildman–Crippen LogP) is 0.0253. The lowest BCUT2D eigenvalue weighted by Gasteiger charge is -2.55. The molecule has 3 rings (SSSR count). The lowest BCUT2D eigenvalue weighted by Crippen LogP contribution is -2.71. The van der Waals surface area contributed by atoms with Gasteiger partial charge in [-0.1, -0.05) is 0 Å². The van der Waals surface area contributed by atoms with Crippen molar-refractivity contribution in [1.82, 2.24) is 15.3 Å². The molecule has 1 aromatic heterocycles. The number of nitrogens with zero attached hydrogens (tertiary/aromatic N) is 3. The molecule has 2 fully saturated rings. The van der Waals surface area contributed by atoms with Crippen molar-refractivity contribution in [3.05, 3.63) is 18.2 Å². The Hall–Kier alpha value is -1.23. The maximum atomic E-state index is 12.5. The second-order valence-corrected chi connectivity index (χ2v) is 4.16. The van der Waals surface area contributed by atoms with E-state index in [0.29, 0.717) is 11.4 Å². The molecule has 74 valence electrons. The van der Waals surface area contributed by atoms with Crippen LogP contribution in [0.1, 0.15) is 0 Å². The van der Waals surface area contributed by atoms with Gasteiger partial charge in [0.1, 0.15) is 0 Å². The van der Waals surface area contributed by atoms with Crippen LogP contribution in [0.4, 0.5) is 10.3 Å². The van der Waals surface area contributed by atoms with E-state index in [1.165, 1.54) is 12.4 Å². The standard InChI is InChI=1S/C9H11FN4/c10-7-1-12-8(13-2-7)14-5-9(6-14)3-11-4-9/h1-2,11H,3-6H2. The summed E-state index contributed by atoms with van der Waals surface area (Å²) in [4.78, 5) is 9.97. The molecule has 0 unspecified atom stereocenters. The van der Waals surface area contributed by atoms with E-state index in [0.717, 1.165) is 26.2 Å². The third-order valence-corrected chi connectivity index (χ3v) is 2.94. The average molecular weight is 194 g/mol. The largest absolute Gasteiger partial charge is 0.339 e. The van der Waals surface area contributed by atoms with Gasteiger partial charge in [0, 0.05) is 31.6 Å². The van der Waals surface area contributed by atoms with E-state index < -0.39 is 0 Å². The van der Waals surface area contributed by atoms with E-state index in [-0.39, 0.29) is 5.82 Å². The molecule has 0 saturated carbocycles. The number of aromatic nitrogens is 2. The minimum absolute atomic E-state index is 0.380. The van der Waals surface area contributed by atoms with Crippen LogP contribution >= 0.6 is 0 Å². The Bertz CT molecular complexity index is 338. The lowest BCUT2D eigenvalue weighted by atomic mass is 9.75. The van der Waals surface area contributed by atoms with Crippen molar-refractivity contribution in [3.8, 4) is 0 Å². The second kappa shape index (κ2) is 2.63. The first-order valence-corrected chi connectivity index (χ1v) is 4.71. The molecule has 1 spiro atoms. The van der Waals surface area contributed by atoms with Crippen LogP contribution < -0.4 is 10.2 Å². The molecule has 0 radical (unpaired) electrons. The summed E-state index contributed by atoms with van der Waals surface area (Å²) in [6, 6.07) is 0. The Morgan fingerprint density at radius 1 is 1.29 bits per heavy atom. The van der Waals surface area contributed by atoms with Gasteiger partial charge in [0.25, 0.3) is 0 Å². The molecule has 0 aliphatic carbocycles. The quantitative estimate of drug-likeness (QED) is 0.684. The molecule has 1 N–H and O–H groups in total. The SMILES string of the molecule is Fc1cnc(N2CC3(CNC3)C2)nc1. The van der Waals surface area contributed by atoms with E-state index in [1.54, 1.807) is 0 Å². The van der Waals surface area contributed by atoms with Gasteiger partial charge < -0.3 is 10.2 Å². The Labute approximate surface area is 81.2 Å². The third kappa shape index (κ3) is 1.09. The summed E-state index contributed by atoms with van der Waals surface area (Å²) in [6.07, 6.45) is 2.43. The molecule has 2 aliphatic rings. The molecule has 0 aromatic carbocycles. The number of hydrogen-bond donors (Lipinski definition) is 1. The van der Waals surface area contributed by atoms with Gasteiger partial charge in [-0.2, -0.15) is 0 Å². The first-order chi connectivity index (χ1) is 6.77. The van der Waals surface area contributed by atoms with Gasteiger partial charge in [0.15, 0.2) is 5.82 Å². The number of halogens is 1. The van der Waals surface area contributed by atoms with Gasteiger partial charge in [0.2, 0.25) is 5.95 Å². The normalized spacial score (nSPS) is 23.1. The lowest BCUT2D eigenvalue weighted by molar-refractivity contribution is 0.119. The Kier molecular flexibility index (Phi) is 1.53. The van der Waals surface area contributed by atoms with Gasteiger partial charge in [-0.15, -0.1) is 0 Å². The summed E-state index contributed by atoms with van der Waals surface area (Å²) in [5, 5.41) is 3.26. The summed E-state index contributed by atoms with van der Waals surface area (Å²) in [5.41, 5.74) is 0.456. The number of rotatable bonds is 1. The van der Waals surface area contributed by atoms with Crippen molar-refractivity contribution in [2.24, 2.45) is 5.41 Å². The van der Waals surface area contributed by atoms with Gasteiger partial charge in [-0.3, -0.25) is 0 Å². The zero-order valence-corrected chi connectivity index (χ0v) is 7.70. The zero-order chi connectivity index (χ0) is 9.60. The van der Waals surface area contributed by atoms with Gasteiger partial charge in [0.05, 0.1) is 12.4 Å². The minimum atomic E-state index is -0.380. The number of nitrogens with one attached hydrogen (secondary N) is 1. The summed E-state index contributed by atoms with van der Waals surface area (Å²) < 4.78 is 12.5. The van der Waals surface area contributed by atoms with Crippen LogP contribution in [0.25, 0.3) is 0 Å². The molecule has 2 aliphatic heterocycles. The monoisotopic (exact) mass is 194 g/mol. The highest BCUT2D eigenvalue weighted by Gasteiger charge is 2.48. The van der Waals surface area contributed by atoms with Crippen LogP contribution in [-0.2, 0) is 0 Å². The first-order valence-electron chi connectivity index (χ1n) is 4.71. The molecule has 1 aromatic rings. The second-order valence-electron chi connectivity index (χ2n) is 4.16. The smallest absolute Gasteiger partial charge is 0.225 e. The maximum absolute atomic E-state index is 12.5.